The zero-order valence-electron chi connectivity index (χ0n) is 11.7. The summed E-state index contributed by atoms with van der Waals surface area (Å²) in [6.07, 6.45) is 0.913. The molecule has 0 aliphatic heterocycles. The van der Waals surface area contributed by atoms with Gasteiger partial charge in [0.15, 0.2) is 0 Å². The van der Waals surface area contributed by atoms with E-state index in [9.17, 15) is 9.18 Å². The van der Waals surface area contributed by atoms with Crippen molar-refractivity contribution in [2.75, 3.05) is 12.8 Å². The van der Waals surface area contributed by atoms with E-state index in [1.807, 2.05) is 6.92 Å². The molecular weight excluding hydrogens is 311 g/mol. The van der Waals surface area contributed by atoms with Crippen LogP contribution in [0.1, 0.15) is 37.6 Å². The van der Waals surface area contributed by atoms with E-state index in [1.165, 1.54) is 12.1 Å². The first-order valence-electron chi connectivity index (χ1n) is 6.25. The van der Waals surface area contributed by atoms with Crippen molar-refractivity contribution in [2.24, 2.45) is 5.92 Å². The number of nitrogens with two attached hydrogens (primary N) is 1. The number of rotatable bonds is 4. The number of halogens is 2. The number of amides is 1. The number of hydrogen-bond acceptors (Lipinski definition) is 2. The van der Waals surface area contributed by atoms with E-state index in [0.29, 0.717) is 16.0 Å². The van der Waals surface area contributed by atoms with Crippen LogP contribution in [0, 0.1) is 11.7 Å². The van der Waals surface area contributed by atoms with Gasteiger partial charge in [0.2, 0.25) is 0 Å². The van der Waals surface area contributed by atoms with Crippen LogP contribution in [0.5, 0.6) is 0 Å². The zero-order chi connectivity index (χ0) is 14.7. The lowest BCUT2D eigenvalue weighted by Crippen LogP contribution is -2.36. The molecule has 0 aliphatic rings. The van der Waals surface area contributed by atoms with Crippen LogP contribution in [0.4, 0.5) is 10.1 Å². The summed E-state index contributed by atoms with van der Waals surface area (Å²) in [7, 11) is 1.75. The average Bonchev–Trinajstić information content (AvgIpc) is 2.31. The van der Waals surface area contributed by atoms with Crippen molar-refractivity contribution >= 4 is 27.5 Å². The molecule has 0 aliphatic carbocycles. The summed E-state index contributed by atoms with van der Waals surface area (Å²) in [5, 5.41) is 0. The molecule has 1 unspecified atom stereocenters. The number of carbonyl (C=O) groups excluding carboxylic acids is 1. The fourth-order valence-corrected chi connectivity index (χ4v) is 2.45. The fourth-order valence-electron chi connectivity index (χ4n) is 1.96. The van der Waals surface area contributed by atoms with E-state index >= 15 is 0 Å². The number of nitrogen functional groups attached to an aromatic ring is 1. The minimum atomic E-state index is -0.527. The molecule has 1 aromatic carbocycles. The van der Waals surface area contributed by atoms with Crippen molar-refractivity contribution in [1.82, 2.24) is 4.90 Å². The molecule has 1 rings (SSSR count). The summed E-state index contributed by atoms with van der Waals surface area (Å²) in [5.41, 5.74) is 5.89. The van der Waals surface area contributed by atoms with Gasteiger partial charge in [0.1, 0.15) is 5.82 Å². The van der Waals surface area contributed by atoms with Crippen molar-refractivity contribution < 1.29 is 9.18 Å². The topological polar surface area (TPSA) is 46.3 Å². The Balaban J connectivity index is 2.97. The van der Waals surface area contributed by atoms with Crippen LogP contribution in [0.3, 0.4) is 0 Å². The lowest BCUT2D eigenvalue weighted by atomic mass is 10.0. The molecule has 0 spiro atoms. The third-order valence-corrected chi connectivity index (χ3v) is 3.77. The van der Waals surface area contributed by atoms with Crippen molar-refractivity contribution in [2.45, 2.75) is 33.2 Å². The van der Waals surface area contributed by atoms with Crippen molar-refractivity contribution in [3.8, 4) is 0 Å². The van der Waals surface area contributed by atoms with Gasteiger partial charge in [0.25, 0.3) is 5.91 Å². The first-order chi connectivity index (χ1) is 8.73. The number of anilines is 1. The molecule has 106 valence electrons. The van der Waals surface area contributed by atoms with Crippen molar-refractivity contribution in [3.63, 3.8) is 0 Å². The summed E-state index contributed by atoms with van der Waals surface area (Å²) in [6, 6.07) is 2.72. The molecule has 0 bridgehead atoms. The van der Waals surface area contributed by atoms with Crippen LogP contribution in [0.25, 0.3) is 0 Å². The number of nitrogens with zero attached hydrogens (tertiary/aromatic N) is 1. The van der Waals surface area contributed by atoms with Crippen molar-refractivity contribution in [1.29, 1.82) is 0 Å². The molecule has 3 nitrogen and oxygen atoms in total. The Bertz CT molecular complexity index is 477. The Morgan fingerprint density at radius 1 is 1.42 bits per heavy atom. The lowest BCUT2D eigenvalue weighted by Gasteiger charge is -2.27. The largest absolute Gasteiger partial charge is 0.396 e. The van der Waals surface area contributed by atoms with E-state index in [-0.39, 0.29) is 17.6 Å². The van der Waals surface area contributed by atoms with Gasteiger partial charge < -0.3 is 10.6 Å². The molecule has 0 radical (unpaired) electrons. The molecule has 0 saturated carbocycles. The highest BCUT2D eigenvalue weighted by Gasteiger charge is 2.21. The Morgan fingerprint density at radius 2 is 2.00 bits per heavy atom. The molecule has 19 heavy (non-hydrogen) atoms. The molecule has 0 saturated heterocycles. The maximum absolute atomic E-state index is 13.3. The Morgan fingerprint density at radius 3 is 2.53 bits per heavy atom. The summed E-state index contributed by atoms with van der Waals surface area (Å²) < 4.78 is 13.7. The molecule has 5 heteroatoms. The van der Waals surface area contributed by atoms with Crippen LogP contribution < -0.4 is 5.73 Å². The first-order valence-corrected chi connectivity index (χ1v) is 7.05. The third kappa shape index (κ3) is 3.93. The second-order valence-corrected chi connectivity index (χ2v) is 6.10. The molecule has 0 fully saturated rings. The minimum absolute atomic E-state index is 0.0172. The smallest absolute Gasteiger partial charge is 0.255 e. The molecule has 0 aromatic heterocycles. The summed E-state index contributed by atoms with van der Waals surface area (Å²) in [6.45, 7) is 6.22. The first kappa shape index (κ1) is 16.0. The van der Waals surface area contributed by atoms with Gasteiger partial charge in [0.05, 0.1) is 11.3 Å². The van der Waals surface area contributed by atoms with E-state index in [4.69, 9.17) is 5.73 Å². The normalized spacial score (nSPS) is 12.6. The number of hydrogen-bond donors (Lipinski definition) is 1. The minimum Gasteiger partial charge on any atom is -0.396 e. The van der Waals surface area contributed by atoms with Crippen molar-refractivity contribution in [3.05, 3.63) is 28.0 Å². The van der Waals surface area contributed by atoms with Gasteiger partial charge >= 0.3 is 0 Å². The van der Waals surface area contributed by atoms with Gasteiger partial charge in [-0.3, -0.25) is 4.79 Å². The number of carbonyl (C=O) groups is 1. The van der Waals surface area contributed by atoms with Gasteiger partial charge in [-0.05, 0) is 47.3 Å². The average molecular weight is 331 g/mol. The molecule has 1 atom stereocenters. The van der Waals surface area contributed by atoms with Crippen LogP contribution in [0.2, 0.25) is 0 Å². The molecule has 1 aromatic rings. The lowest BCUT2D eigenvalue weighted by molar-refractivity contribution is 0.0727. The maximum atomic E-state index is 13.3. The Labute approximate surface area is 122 Å². The van der Waals surface area contributed by atoms with E-state index in [2.05, 4.69) is 29.8 Å². The van der Waals surface area contributed by atoms with E-state index in [1.54, 1.807) is 11.9 Å². The molecular formula is C14H20BrFN2O. The van der Waals surface area contributed by atoms with Crippen LogP contribution in [0.15, 0.2) is 16.6 Å². The van der Waals surface area contributed by atoms with Gasteiger partial charge in [-0.1, -0.05) is 13.8 Å². The summed E-state index contributed by atoms with van der Waals surface area (Å²) in [4.78, 5) is 14.0. The summed E-state index contributed by atoms with van der Waals surface area (Å²) in [5.74, 6) is -0.181. The predicted octanol–water partition coefficient (Wildman–Crippen LogP) is 3.68. The highest BCUT2D eigenvalue weighted by molar-refractivity contribution is 9.10. The summed E-state index contributed by atoms with van der Waals surface area (Å²) >= 11 is 3.21. The van der Waals surface area contributed by atoms with Gasteiger partial charge in [0, 0.05) is 17.6 Å². The standard InChI is InChI=1S/C14H20BrFN2O/c1-8(2)5-9(3)18(4)14(19)10-6-13(17)12(16)7-11(10)15/h6-9H,5,17H2,1-4H3. The maximum Gasteiger partial charge on any atom is 0.255 e. The van der Waals surface area contributed by atoms with Crippen LogP contribution >= 0.6 is 15.9 Å². The second kappa shape index (κ2) is 6.37. The third-order valence-electron chi connectivity index (χ3n) is 3.11. The zero-order valence-corrected chi connectivity index (χ0v) is 13.3. The molecule has 0 heterocycles. The van der Waals surface area contributed by atoms with Gasteiger partial charge in [-0.2, -0.15) is 0 Å². The fraction of sp³-hybridized carbons (Fsp3) is 0.500. The van der Waals surface area contributed by atoms with E-state index < -0.39 is 5.82 Å². The highest BCUT2D eigenvalue weighted by atomic mass is 79.9. The van der Waals surface area contributed by atoms with Gasteiger partial charge in [-0.25, -0.2) is 4.39 Å². The van der Waals surface area contributed by atoms with Crippen LogP contribution in [-0.2, 0) is 0 Å². The molecule has 2 N–H and O–H groups in total. The monoisotopic (exact) mass is 330 g/mol. The van der Waals surface area contributed by atoms with Crippen LogP contribution in [-0.4, -0.2) is 23.9 Å². The quantitative estimate of drug-likeness (QED) is 0.856. The predicted molar refractivity (Wildman–Crippen MR) is 79.5 cm³/mol. The SMILES string of the molecule is CC(C)CC(C)N(C)C(=O)c1cc(N)c(F)cc1Br. The Hall–Kier alpha value is -1.10. The second-order valence-electron chi connectivity index (χ2n) is 5.25. The Kier molecular flexibility index (Phi) is 5.35. The van der Waals surface area contributed by atoms with Gasteiger partial charge in [-0.15, -0.1) is 0 Å². The molecule has 1 amide bonds. The van der Waals surface area contributed by atoms with E-state index in [0.717, 1.165) is 6.42 Å². The highest BCUT2D eigenvalue weighted by Crippen LogP contribution is 2.25. The number of benzene rings is 1.